The lowest BCUT2D eigenvalue weighted by Crippen LogP contribution is -2.47. The fraction of sp³-hybridized carbons (Fsp3) is 0.571. The highest BCUT2D eigenvalue weighted by atomic mass is 32.2. The van der Waals surface area contributed by atoms with Gasteiger partial charge in [-0.15, -0.1) is 0 Å². The fourth-order valence-corrected chi connectivity index (χ4v) is 4.03. The zero-order chi connectivity index (χ0) is 16.2. The van der Waals surface area contributed by atoms with Crippen molar-refractivity contribution in [3.05, 3.63) is 34.2 Å². The molecule has 7 nitrogen and oxygen atoms in total. The molecule has 1 aromatic rings. The van der Waals surface area contributed by atoms with Gasteiger partial charge >= 0.3 is 0 Å². The van der Waals surface area contributed by atoms with Crippen LogP contribution < -0.4 is 10.9 Å². The van der Waals surface area contributed by atoms with Gasteiger partial charge in [-0.3, -0.25) is 9.59 Å². The molecule has 1 fully saturated rings. The lowest BCUT2D eigenvalue weighted by Gasteiger charge is -2.31. The van der Waals surface area contributed by atoms with E-state index in [1.54, 1.807) is 0 Å². The first-order valence-corrected chi connectivity index (χ1v) is 9.00. The Kier molecular flexibility index (Phi) is 5.36. The van der Waals surface area contributed by atoms with Crippen LogP contribution >= 0.6 is 0 Å². The summed E-state index contributed by atoms with van der Waals surface area (Å²) < 4.78 is 25.4. The third kappa shape index (κ3) is 4.17. The second kappa shape index (κ2) is 7.06. The highest BCUT2D eigenvalue weighted by Gasteiger charge is 2.28. The number of piperidine rings is 1. The molecule has 0 unspecified atom stereocenters. The zero-order valence-corrected chi connectivity index (χ0v) is 13.4. The van der Waals surface area contributed by atoms with Crippen LogP contribution in [0.2, 0.25) is 0 Å². The molecule has 0 aromatic carbocycles. The fourth-order valence-electron chi connectivity index (χ4n) is 2.49. The number of hydrogen-bond donors (Lipinski definition) is 2. The number of aromatic nitrogens is 1. The topological polar surface area (TPSA) is 99.3 Å². The molecule has 1 aliphatic heterocycles. The molecule has 1 saturated heterocycles. The average Bonchev–Trinajstić information content (AvgIpc) is 2.48. The lowest BCUT2D eigenvalue weighted by atomic mass is 10.1. The molecule has 2 rings (SSSR count). The van der Waals surface area contributed by atoms with Gasteiger partial charge < -0.3 is 10.3 Å². The Morgan fingerprint density at radius 1 is 1.36 bits per heavy atom. The van der Waals surface area contributed by atoms with Gasteiger partial charge in [0.25, 0.3) is 5.91 Å². The third-order valence-electron chi connectivity index (χ3n) is 3.69. The Morgan fingerprint density at radius 3 is 2.59 bits per heavy atom. The molecule has 0 atom stereocenters. The monoisotopic (exact) mass is 327 g/mol. The molecule has 0 radical (unpaired) electrons. The molecule has 0 aliphatic carbocycles. The van der Waals surface area contributed by atoms with Crippen LogP contribution in [0.3, 0.4) is 0 Å². The van der Waals surface area contributed by atoms with E-state index in [1.807, 2.05) is 6.92 Å². The normalized spacial score (nSPS) is 17.3. The van der Waals surface area contributed by atoms with E-state index in [1.165, 1.54) is 22.6 Å². The van der Waals surface area contributed by atoms with Crippen LogP contribution in [0, 0.1) is 0 Å². The van der Waals surface area contributed by atoms with Crippen LogP contribution in [0.4, 0.5) is 0 Å². The van der Waals surface area contributed by atoms with Crippen LogP contribution in [0.15, 0.2) is 23.1 Å². The van der Waals surface area contributed by atoms with Crippen LogP contribution in [0.25, 0.3) is 0 Å². The van der Waals surface area contributed by atoms with Gasteiger partial charge in [0.15, 0.2) is 0 Å². The Hall–Kier alpha value is -1.67. The number of aromatic amines is 1. The summed E-state index contributed by atoms with van der Waals surface area (Å²) in [5.74, 6) is -0.0902. The summed E-state index contributed by atoms with van der Waals surface area (Å²) in [6, 6.07) is 2.72. The standard InChI is InChI=1S/C14H21N3O4S/c1-2-9-22(20,21)17-7-5-12(6-8-17)16-14(19)11-3-4-13(18)15-10-11/h3-4,10,12H,2,5-9H2,1H3,(H,15,18)(H,16,19). The van der Waals surface area contributed by atoms with Crippen LogP contribution in [0.5, 0.6) is 0 Å². The predicted octanol–water partition coefficient (Wildman–Crippen LogP) is 0.309. The molecular formula is C14H21N3O4S. The van der Waals surface area contributed by atoms with Crippen molar-refractivity contribution in [2.24, 2.45) is 0 Å². The highest BCUT2D eigenvalue weighted by molar-refractivity contribution is 7.89. The molecule has 0 spiro atoms. The minimum atomic E-state index is -3.16. The van der Waals surface area contributed by atoms with Crippen molar-refractivity contribution < 1.29 is 13.2 Å². The van der Waals surface area contributed by atoms with E-state index in [4.69, 9.17) is 0 Å². The number of sulfonamides is 1. The summed E-state index contributed by atoms with van der Waals surface area (Å²) in [6.07, 6.45) is 3.17. The highest BCUT2D eigenvalue weighted by Crippen LogP contribution is 2.15. The molecular weight excluding hydrogens is 306 g/mol. The van der Waals surface area contributed by atoms with Gasteiger partial charge in [0.1, 0.15) is 0 Å². The van der Waals surface area contributed by atoms with E-state index in [0.29, 0.717) is 37.9 Å². The van der Waals surface area contributed by atoms with Gasteiger partial charge in [-0.25, -0.2) is 12.7 Å². The zero-order valence-electron chi connectivity index (χ0n) is 12.5. The van der Waals surface area contributed by atoms with Gasteiger partial charge in [0, 0.05) is 31.4 Å². The Morgan fingerprint density at radius 2 is 2.05 bits per heavy atom. The van der Waals surface area contributed by atoms with Gasteiger partial charge in [-0.05, 0) is 25.3 Å². The Labute approximate surface area is 129 Å². The van der Waals surface area contributed by atoms with Crippen LogP contribution in [-0.2, 0) is 10.0 Å². The first-order chi connectivity index (χ1) is 10.4. The van der Waals surface area contributed by atoms with E-state index >= 15 is 0 Å². The van der Waals surface area contributed by atoms with Crippen molar-refractivity contribution in [3.63, 3.8) is 0 Å². The number of nitrogens with zero attached hydrogens (tertiary/aromatic N) is 1. The first kappa shape index (κ1) is 16.7. The lowest BCUT2D eigenvalue weighted by molar-refractivity contribution is 0.0923. The molecule has 2 N–H and O–H groups in total. The summed E-state index contributed by atoms with van der Waals surface area (Å²) in [4.78, 5) is 25.5. The summed E-state index contributed by atoms with van der Waals surface area (Å²) in [6.45, 7) is 2.70. The second-order valence-corrected chi connectivity index (χ2v) is 7.49. The third-order valence-corrected chi connectivity index (χ3v) is 5.77. The maximum absolute atomic E-state index is 12.0. The van der Waals surface area contributed by atoms with E-state index in [2.05, 4.69) is 10.3 Å². The summed E-state index contributed by atoms with van der Waals surface area (Å²) in [5.41, 5.74) is 0.131. The smallest absolute Gasteiger partial charge is 0.252 e. The molecule has 0 bridgehead atoms. The van der Waals surface area contributed by atoms with Gasteiger partial charge in [0.2, 0.25) is 15.6 Å². The molecule has 1 aliphatic rings. The number of hydrogen-bond acceptors (Lipinski definition) is 4. The van der Waals surface area contributed by atoms with E-state index in [-0.39, 0.29) is 23.3 Å². The maximum Gasteiger partial charge on any atom is 0.252 e. The number of carbonyl (C=O) groups excluding carboxylic acids is 1. The second-order valence-electron chi connectivity index (χ2n) is 5.40. The van der Waals surface area contributed by atoms with Crippen molar-refractivity contribution in [1.29, 1.82) is 0 Å². The van der Waals surface area contributed by atoms with Gasteiger partial charge in [-0.1, -0.05) is 6.92 Å². The largest absolute Gasteiger partial charge is 0.349 e. The number of pyridine rings is 1. The number of amides is 1. The summed E-state index contributed by atoms with van der Waals surface area (Å²) in [5, 5.41) is 2.88. The van der Waals surface area contributed by atoms with Crippen LogP contribution in [-0.4, -0.2) is 48.5 Å². The molecule has 1 amide bonds. The maximum atomic E-state index is 12.0. The predicted molar refractivity (Wildman–Crippen MR) is 83.2 cm³/mol. The summed E-state index contributed by atoms with van der Waals surface area (Å²) in [7, 11) is -3.16. The number of rotatable bonds is 5. The van der Waals surface area contributed by atoms with Crippen molar-refractivity contribution in [2.75, 3.05) is 18.8 Å². The molecule has 1 aromatic heterocycles. The van der Waals surface area contributed by atoms with Gasteiger partial charge in [-0.2, -0.15) is 0 Å². The van der Waals surface area contributed by atoms with Crippen molar-refractivity contribution in [1.82, 2.24) is 14.6 Å². The van der Waals surface area contributed by atoms with Gasteiger partial charge in [0.05, 0.1) is 11.3 Å². The Balaban J connectivity index is 1.88. The summed E-state index contributed by atoms with van der Waals surface area (Å²) >= 11 is 0. The number of carbonyl (C=O) groups is 1. The molecule has 122 valence electrons. The minimum Gasteiger partial charge on any atom is -0.349 e. The van der Waals surface area contributed by atoms with E-state index in [9.17, 15) is 18.0 Å². The SMILES string of the molecule is CCCS(=O)(=O)N1CCC(NC(=O)c2ccc(=O)[nH]c2)CC1. The van der Waals surface area contributed by atoms with Crippen molar-refractivity contribution >= 4 is 15.9 Å². The number of H-pyrrole nitrogens is 1. The quantitative estimate of drug-likeness (QED) is 0.813. The van der Waals surface area contributed by atoms with E-state index < -0.39 is 10.0 Å². The molecule has 0 saturated carbocycles. The number of nitrogens with one attached hydrogen (secondary N) is 2. The average molecular weight is 327 g/mol. The minimum absolute atomic E-state index is 0.0486. The van der Waals surface area contributed by atoms with Crippen molar-refractivity contribution in [2.45, 2.75) is 32.2 Å². The molecule has 2 heterocycles. The Bertz CT molecular complexity index is 655. The molecule has 22 heavy (non-hydrogen) atoms. The van der Waals surface area contributed by atoms with Crippen molar-refractivity contribution in [3.8, 4) is 0 Å². The first-order valence-electron chi connectivity index (χ1n) is 7.40. The van der Waals surface area contributed by atoms with E-state index in [0.717, 1.165) is 0 Å². The molecule has 8 heteroatoms. The van der Waals surface area contributed by atoms with Crippen LogP contribution in [0.1, 0.15) is 36.5 Å².